The zero-order chi connectivity index (χ0) is 16.5. The summed E-state index contributed by atoms with van der Waals surface area (Å²) in [4.78, 5) is 35.3. The van der Waals surface area contributed by atoms with E-state index in [0.717, 1.165) is 0 Å². The highest BCUT2D eigenvalue weighted by atomic mass is 16.6. The summed E-state index contributed by atoms with van der Waals surface area (Å²) in [5, 5.41) is 22.9. The monoisotopic (exact) mass is 307 g/mol. The number of anilines is 1. The Hall–Kier alpha value is -2.64. The third kappa shape index (κ3) is 2.72. The van der Waals surface area contributed by atoms with Crippen LogP contribution in [0, 0.1) is 15.5 Å². The number of aliphatic carboxylic acids is 1. The van der Waals surface area contributed by atoms with Crippen molar-refractivity contribution in [2.45, 2.75) is 13.3 Å². The molecule has 1 aliphatic rings. The Morgan fingerprint density at radius 2 is 2.14 bits per heavy atom. The molecular weight excluding hydrogens is 290 g/mol. The van der Waals surface area contributed by atoms with Crippen LogP contribution in [0.2, 0.25) is 0 Å². The third-order valence-electron chi connectivity index (χ3n) is 3.99. The minimum Gasteiger partial charge on any atom is -0.481 e. The molecular formula is C14H17N3O5. The molecule has 0 bridgehead atoms. The Labute approximate surface area is 126 Å². The fraction of sp³-hybridized carbons (Fsp3) is 0.429. The van der Waals surface area contributed by atoms with Gasteiger partial charge in [-0.25, -0.2) is 0 Å². The molecule has 1 atom stereocenters. The van der Waals surface area contributed by atoms with Gasteiger partial charge in [-0.3, -0.25) is 19.7 Å². The molecule has 1 unspecified atom stereocenters. The normalized spacial score (nSPS) is 20.7. The second-order valence-corrected chi connectivity index (χ2v) is 5.58. The van der Waals surface area contributed by atoms with Gasteiger partial charge in [-0.15, -0.1) is 0 Å². The molecule has 1 fully saturated rings. The van der Waals surface area contributed by atoms with Gasteiger partial charge in [0, 0.05) is 31.8 Å². The second kappa shape index (κ2) is 5.63. The summed E-state index contributed by atoms with van der Waals surface area (Å²) < 4.78 is 0. The molecule has 1 heterocycles. The topological polar surface area (TPSA) is 113 Å². The number of carboxylic acid groups (broad SMARTS) is 1. The van der Waals surface area contributed by atoms with Crippen LogP contribution in [0.4, 0.5) is 11.4 Å². The second-order valence-electron chi connectivity index (χ2n) is 5.58. The lowest BCUT2D eigenvalue weighted by Crippen LogP contribution is -2.32. The molecule has 1 aromatic carbocycles. The standard InChI is InChI=1S/C14H17N3O5/c1-14(13(19)20)5-6-16(8-14)10-4-3-9(12(18)15-2)7-11(10)17(21)22/h3-4,7H,5-6,8H2,1-2H3,(H,15,18)(H,19,20). The van der Waals surface area contributed by atoms with E-state index in [1.54, 1.807) is 11.8 Å². The van der Waals surface area contributed by atoms with Crippen molar-refractivity contribution < 1.29 is 19.6 Å². The first-order valence-corrected chi connectivity index (χ1v) is 6.77. The van der Waals surface area contributed by atoms with Crippen LogP contribution < -0.4 is 10.2 Å². The van der Waals surface area contributed by atoms with E-state index in [0.29, 0.717) is 18.7 Å². The quantitative estimate of drug-likeness (QED) is 0.639. The number of rotatable bonds is 4. The molecule has 0 saturated carbocycles. The molecule has 1 saturated heterocycles. The summed E-state index contributed by atoms with van der Waals surface area (Å²) in [6.45, 7) is 2.24. The first-order chi connectivity index (χ1) is 10.3. The van der Waals surface area contributed by atoms with Gasteiger partial charge in [-0.05, 0) is 25.5 Å². The summed E-state index contributed by atoms with van der Waals surface area (Å²) in [5.74, 6) is -1.33. The van der Waals surface area contributed by atoms with Crippen molar-refractivity contribution in [3.05, 3.63) is 33.9 Å². The van der Waals surface area contributed by atoms with Gasteiger partial charge in [0.25, 0.3) is 11.6 Å². The van der Waals surface area contributed by atoms with Gasteiger partial charge >= 0.3 is 5.97 Å². The molecule has 0 spiro atoms. The van der Waals surface area contributed by atoms with E-state index in [4.69, 9.17) is 0 Å². The van der Waals surface area contributed by atoms with E-state index < -0.39 is 22.2 Å². The van der Waals surface area contributed by atoms with Crippen molar-refractivity contribution >= 4 is 23.3 Å². The minimum absolute atomic E-state index is 0.193. The lowest BCUT2D eigenvalue weighted by molar-refractivity contribution is -0.384. The van der Waals surface area contributed by atoms with Crippen LogP contribution >= 0.6 is 0 Å². The van der Waals surface area contributed by atoms with Crippen molar-refractivity contribution in [3.8, 4) is 0 Å². The maximum Gasteiger partial charge on any atom is 0.311 e. The number of nitro benzene ring substituents is 1. The Kier molecular flexibility index (Phi) is 4.03. The van der Waals surface area contributed by atoms with Crippen molar-refractivity contribution in [1.29, 1.82) is 0 Å². The van der Waals surface area contributed by atoms with E-state index in [1.165, 1.54) is 25.2 Å². The summed E-state index contributed by atoms with van der Waals surface area (Å²) in [6.07, 6.45) is 0.413. The first kappa shape index (κ1) is 15.7. The average molecular weight is 307 g/mol. The zero-order valence-corrected chi connectivity index (χ0v) is 12.3. The Bertz CT molecular complexity index is 645. The first-order valence-electron chi connectivity index (χ1n) is 6.77. The number of amides is 1. The van der Waals surface area contributed by atoms with Crippen LogP contribution in [0.1, 0.15) is 23.7 Å². The highest BCUT2D eigenvalue weighted by Crippen LogP contribution is 2.37. The van der Waals surface area contributed by atoms with E-state index in [-0.39, 0.29) is 17.8 Å². The largest absolute Gasteiger partial charge is 0.481 e. The smallest absolute Gasteiger partial charge is 0.311 e. The van der Waals surface area contributed by atoms with Crippen LogP contribution in [0.5, 0.6) is 0 Å². The van der Waals surface area contributed by atoms with Crippen LogP contribution in [0.15, 0.2) is 18.2 Å². The molecule has 1 aromatic rings. The number of carboxylic acids is 1. The van der Waals surface area contributed by atoms with Crippen LogP contribution in [0.3, 0.4) is 0 Å². The van der Waals surface area contributed by atoms with Crippen molar-refractivity contribution in [3.63, 3.8) is 0 Å². The van der Waals surface area contributed by atoms with Gasteiger partial charge in [0.15, 0.2) is 0 Å². The average Bonchev–Trinajstić information content (AvgIpc) is 2.89. The third-order valence-corrected chi connectivity index (χ3v) is 3.99. The molecule has 118 valence electrons. The molecule has 8 heteroatoms. The summed E-state index contributed by atoms with van der Waals surface area (Å²) in [7, 11) is 1.45. The number of hydrogen-bond acceptors (Lipinski definition) is 5. The molecule has 0 radical (unpaired) electrons. The number of carbonyl (C=O) groups excluding carboxylic acids is 1. The highest BCUT2D eigenvalue weighted by molar-refractivity contribution is 5.95. The molecule has 2 rings (SSSR count). The van der Waals surface area contributed by atoms with Gasteiger partial charge in [-0.2, -0.15) is 0 Å². The molecule has 1 amide bonds. The lowest BCUT2D eigenvalue weighted by Gasteiger charge is -2.21. The predicted molar refractivity (Wildman–Crippen MR) is 79.1 cm³/mol. The molecule has 8 nitrogen and oxygen atoms in total. The SMILES string of the molecule is CNC(=O)c1ccc(N2CCC(C)(C(=O)O)C2)c([N+](=O)[O-])c1. The van der Waals surface area contributed by atoms with Crippen molar-refractivity contribution in [2.75, 3.05) is 25.0 Å². The molecule has 22 heavy (non-hydrogen) atoms. The number of nitro groups is 1. The summed E-state index contributed by atoms with van der Waals surface area (Å²) in [5.41, 5.74) is -0.593. The number of benzene rings is 1. The van der Waals surface area contributed by atoms with Gasteiger partial charge in [-0.1, -0.05) is 0 Å². The van der Waals surface area contributed by atoms with E-state index >= 15 is 0 Å². The zero-order valence-electron chi connectivity index (χ0n) is 12.3. The van der Waals surface area contributed by atoms with Gasteiger partial charge < -0.3 is 15.3 Å². The van der Waals surface area contributed by atoms with Gasteiger partial charge in [0.1, 0.15) is 5.69 Å². The maximum atomic E-state index is 11.6. The summed E-state index contributed by atoms with van der Waals surface area (Å²) in [6, 6.07) is 4.21. The molecule has 0 aliphatic carbocycles. The van der Waals surface area contributed by atoms with E-state index in [9.17, 15) is 24.8 Å². The van der Waals surface area contributed by atoms with E-state index in [1.807, 2.05) is 0 Å². The number of hydrogen-bond donors (Lipinski definition) is 2. The number of nitrogens with zero attached hydrogens (tertiary/aromatic N) is 2. The maximum absolute atomic E-state index is 11.6. The fourth-order valence-corrected chi connectivity index (χ4v) is 2.56. The van der Waals surface area contributed by atoms with E-state index in [2.05, 4.69) is 5.32 Å². The van der Waals surface area contributed by atoms with Gasteiger partial charge in [0.05, 0.1) is 10.3 Å². The fourth-order valence-electron chi connectivity index (χ4n) is 2.56. The predicted octanol–water partition coefficient (Wildman–Crippen LogP) is 1.26. The lowest BCUT2D eigenvalue weighted by atomic mass is 9.90. The molecule has 1 aliphatic heterocycles. The highest BCUT2D eigenvalue weighted by Gasteiger charge is 2.42. The van der Waals surface area contributed by atoms with Crippen molar-refractivity contribution in [1.82, 2.24) is 5.32 Å². The Morgan fingerprint density at radius 1 is 1.45 bits per heavy atom. The van der Waals surface area contributed by atoms with Crippen LogP contribution in [-0.4, -0.2) is 42.0 Å². The number of nitrogens with one attached hydrogen (secondary N) is 1. The summed E-state index contributed by atoms with van der Waals surface area (Å²) >= 11 is 0. The Morgan fingerprint density at radius 3 is 2.64 bits per heavy atom. The van der Waals surface area contributed by atoms with Gasteiger partial charge in [0.2, 0.25) is 0 Å². The minimum atomic E-state index is -0.923. The molecule has 2 N–H and O–H groups in total. The number of carbonyl (C=O) groups is 2. The van der Waals surface area contributed by atoms with Crippen LogP contribution in [-0.2, 0) is 4.79 Å². The Balaban J connectivity index is 2.38. The van der Waals surface area contributed by atoms with Crippen LogP contribution in [0.25, 0.3) is 0 Å². The molecule has 0 aromatic heterocycles. The van der Waals surface area contributed by atoms with Crippen molar-refractivity contribution in [2.24, 2.45) is 5.41 Å².